The van der Waals surface area contributed by atoms with Crippen LogP contribution in [0.1, 0.15) is 54.2 Å². The van der Waals surface area contributed by atoms with Crippen LogP contribution >= 0.6 is 12.2 Å². The van der Waals surface area contributed by atoms with Crippen molar-refractivity contribution in [3.8, 4) is 0 Å². The molecule has 0 N–H and O–H groups in total. The van der Waals surface area contributed by atoms with E-state index in [-0.39, 0.29) is 0 Å². The van der Waals surface area contributed by atoms with E-state index in [2.05, 4.69) is 13.0 Å². The van der Waals surface area contributed by atoms with Crippen molar-refractivity contribution in [1.82, 2.24) is 0 Å². The molecule has 0 aliphatic rings. The number of esters is 1. The van der Waals surface area contributed by atoms with Crippen LogP contribution in [-0.4, -0.2) is 24.6 Å². The van der Waals surface area contributed by atoms with Crippen molar-refractivity contribution >= 4 is 23.1 Å². The Hall–Kier alpha value is -2.04. The lowest BCUT2D eigenvalue weighted by Gasteiger charge is -2.22. The lowest BCUT2D eigenvalue weighted by molar-refractivity contribution is -0.154. The highest BCUT2D eigenvalue weighted by atomic mass is 32.1. The first kappa shape index (κ1) is 20.3. The number of benzene rings is 2. The smallest absolute Gasteiger partial charge is 0.339 e. The van der Waals surface area contributed by atoms with E-state index in [1.807, 2.05) is 50.2 Å². The summed E-state index contributed by atoms with van der Waals surface area (Å²) in [4.78, 5) is 13.2. The molecule has 1 atom stereocenters. The van der Waals surface area contributed by atoms with Gasteiger partial charge in [0.2, 0.25) is 0 Å². The van der Waals surface area contributed by atoms with E-state index in [9.17, 15) is 4.79 Å². The van der Waals surface area contributed by atoms with Gasteiger partial charge in [-0.2, -0.15) is 0 Å². The largest absolute Gasteiger partial charge is 0.467 e. The molecule has 2 aromatic carbocycles. The zero-order chi connectivity index (χ0) is 19.1. The molecule has 0 aliphatic heterocycles. The van der Waals surface area contributed by atoms with Crippen LogP contribution in [0.25, 0.3) is 0 Å². The van der Waals surface area contributed by atoms with E-state index >= 15 is 0 Å². The van der Waals surface area contributed by atoms with Gasteiger partial charge < -0.3 is 9.47 Å². The molecule has 0 heterocycles. The van der Waals surface area contributed by atoms with Gasteiger partial charge in [0.05, 0.1) is 12.0 Å². The highest BCUT2D eigenvalue weighted by molar-refractivity contribution is 7.81. The van der Waals surface area contributed by atoms with Gasteiger partial charge in [0.25, 0.3) is 0 Å². The molecule has 26 heavy (non-hydrogen) atoms. The third-order valence-corrected chi connectivity index (χ3v) is 4.72. The van der Waals surface area contributed by atoms with Crippen molar-refractivity contribution < 1.29 is 14.3 Å². The van der Waals surface area contributed by atoms with Crippen LogP contribution in [0.3, 0.4) is 0 Å². The molecule has 4 heteroatoms. The summed E-state index contributed by atoms with van der Waals surface area (Å²) >= 11 is 5.79. The second-order valence-electron chi connectivity index (χ2n) is 6.20. The summed E-state index contributed by atoms with van der Waals surface area (Å²) in [5, 5.41) is 0. The van der Waals surface area contributed by atoms with E-state index in [1.165, 1.54) is 7.11 Å². The molecule has 2 aromatic rings. The van der Waals surface area contributed by atoms with Gasteiger partial charge in [-0.05, 0) is 36.5 Å². The first-order valence-corrected chi connectivity index (χ1v) is 9.36. The molecule has 0 bridgehead atoms. The summed E-state index contributed by atoms with van der Waals surface area (Å²) in [6.07, 6.45) is 0.830. The Kier molecular flexibility index (Phi) is 7.49. The van der Waals surface area contributed by atoms with Crippen LogP contribution in [-0.2, 0) is 20.7 Å². The van der Waals surface area contributed by atoms with E-state index in [4.69, 9.17) is 21.7 Å². The minimum Gasteiger partial charge on any atom is -0.467 e. The zero-order valence-corrected chi connectivity index (χ0v) is 16.7. The lowest BCUT2D eigenvalue weighted by atomic mass is 9.90. The molecule has 1 unspecified atom stereocenters. The van der Waals surface area contributed by atoms with Crippen molar-refractivity contribution in [2.75, 3.05) is 13.7 Å². The quantitative estimate of drug-likeness (QED) is 0.374. The van der Waals surface area contributed by atoms with Crippen molar-refractivity contribution in [3.05, 3.63) is 70.3 Å². The van der Waals surface area contributed by atoms with Gasteiger partial charge in [0.1, 0.15) is 0 Å². The average Bonchev–Trinajstić information content (AvgIpc) is 2.67. The van der Waals surface area contributed by atoms with E-state index in [0.717, 1.165) is 40.7 Å². The summed E-state index contributed by atoms with van der Waals surface area (Å²) in [7, 11) is 1.39. The summed E-state index contributed by atoms with van der Waals surface area (Å²) in [5.41, 5.74) is 4.83. The van der Waals surface area contributed by atoms with Crippen LogP contribution in [0, 0.1) is 6.92 Å². The zero-order valence-electron chi connectivity index (χ0n) is 15.9. The van der Waals surface area contributed by atoms with Gasteiger partial charge in [0.15, 0.2) is 6.10 Å². The fourth-order valence-corrected chi connectivity index (χ4v) is 3.29. The summed E-state index contributed by atoms with van der Waals surface area (Å²) in [5.74, 6) is -0.396. The normalized spacial score (nSPS) is 11.8. The highest BCUT2D eigenvalue weighted by Gasteiger charge is 2.28. The number of hydrogen-bond donors (Lipinski definition) is 0. The van der Waals surface area contributed by atoms with Crippen molar-refractivity contribution in [3.63, 3.8) is 0 Å². The van der Waals surface area contributed by atoms with Crippen LogP contribution < -0.4 is 0 Å². The van der Waals surface area contributed by atoms with Crippen molar-refractivity contribution in [2.24, 2.45) is 0 Å². The van der Waals surface area contributed by atoms with Crippen LogP contribution in [0.2, 0.25) is 0 Å². The fourth-order valence-electron chi connectivity index (χ4n) is 2.98. The first-order chi connectivity index (χ1) is 12.5. The third kappa shape index (κ3) is 4.57. The molecule has 0 aromatic heterocycles. The minimum absolute atomic E-state index is 0.396. The molecule has 0 amide bonds. The molecular weight excluding hydrogens is 344 g/mol. The molecule has 0 aliphatic carbocycles. The second-order valence-corrected chi connectivity index (χ2v) is 6.61. The molecule has 0 saturated carbocycles. The predicted molar refractivity (Wildman–Crippen MR) is 109 cm³/mol. The average molecular weight is 371 g/mol. The molecule has 0 radical (unpaired) electrons. The number of rotatable bonds is 8. The molecular formula is C22H26O3S. The molecule has 138 valence electrons. The van der Waals surface area contributed by atoms with Crippen LogP contribution in [0.5, 0.6) is 0 Å². The number of ether oxygens (including phenoxy) is 2. The molecule has 0 saturated heterocycles. The Morgan fingerprint density at radius 1 is 1.15 bits per heavy atom. The Balaban J connectivity index is 2.59. The van der Waals surface area contributed by atoms with Crippen LogP contribution in [0.15, 0.2) is 42.5 Å². The Labute approximate surface area is 161 Å². The summed E-state index contributed by atoms with van der Waals surface area (Å²) < 4.78 is 10.9. The number of thiocarbonyl (C=S) groups is 1. The maximum atomic E-state index is 12.5. The monoisotopic (exact) mass is 370 g/mol. The second kappa shape index (κ2) is 9.60. The Bertz CT molecular complexity index is 783. The fraction of sp³-hybridized carbons (Fsp3) is 0.364. The summed E-state index contributed by atoms with van der Waals surface area (Å²) in [6.45, 7) is 6.59. The number of methoxy groups -OCH3 is 1. The van der Waals surface area contributed by atoms with E-state index < -0.39 is 12.1 Å². The number of carbonyl (C=O) groups excluding carboxylic acids is 1. The van der Waals surface area contributed by atoms with Gasteiger partial charge in [-0.15, -0.1) is 0 Å². The number of aryl methyl sites for hydroxylation is 2. The topological polar surface area (TPSA) is 35.5 Å². The van der Waals surface area contributed by atoms with Gasteiger partial charge in [-0.25, -0.2) is 4.79 Å². The maximum Gasteiger partial charge on any atom is 0.339 e. The number of hydrogen-bond acceptors (Lipinski definition) is 4. The third-order valence-electron chi connectivity index (χ3n) is 4.27. The van der Waals surface area contributed by atoms with E-state index in [0.29, 0.717) is 11.5 Å². The first-order valence-electron chi connectivity index (χ1n) is 8.96. The highest BCUT2D eigenvalue weighted by Crippen LogP contribution is 2.30. The number of carbonyl (C=O) groups is 1. The van der Waals surface area contributed by atoms with Gasteiger partial charge in [-0.1, -0.05) is 74.1 Å². The molecule has 0 spiro atoms. The minimum atomic E-state index is -0.770. The molecule has 3 nitrogen and oxygen atoms in total. The Morgan fingerprint density at radius 3 is 2.50 bits per heavy atom. The summed E-state index contributed by atoms with van der Waals surface area (Å²) in [6, 6.07) is 14.0. The Morgan fingerprint density at radius 2 is 1.88 bits per heavy atom. The molecule has 2 rings (SSSR count). The SMILES string of the molecule is CCCOC(C(=O)OC)c1c(CC)cccc1C(=S)c1cccc(C)c1. The van der Waals surface area contributed by atoms with Gasteiger partial charge >= 0.3 is 5.97 Å². The lowest BCUT2D eigenvalue weighted by Crippen LogP contribution is -2.22. The van der Waals surface area contributed by atoms with Gasteiger partial charge in [-0.3, -0.25) is 0 Å². The standard InChI is InChI=1S/C22H26O3S/c1-5-13-25-20(22(23)24-4)19-16(6-2)10-8-12-18(19)21(26)17-11-7-9-15(3)14-17/h7-12,14,20H,5-6,13H2,1-4H3. The predicted octanol–water partition coefficient (Wildman–Crippen LogP) is 4.96. The van der Waals surface area contributed by atoms with Crippen molar-refractivity contribution in [1.29, 1.82) is 0 Å². The van der Waals surface area contributed by atoms with Crippen LogP contribution in [0.4, 0.5) is 0 Å². The van der Waals surface area contributed by atoms with Crippen molar-refractivity contribution in [2.45, 2.75) is 39.7 Å². The van der Waals surface area contributed by atoms with E-state index in [1.54, 1.807) is 0 Å². The van der Waals surface area contributed by atoms with Gasteiger partial charge in [0, 0.05) is 12.2 Å². The maximum absolute atomic E-state index is 12.5. The molecule has 0 fully saturated rings.